The zero-order valence-electron chi connectivity index (χ0n) is 15.0. The van der Waals surface area contributed by atoms with Crippen molar-refractivity contribution < 1.29 is 19.1 Å². The van der Waals surface area contributed by atoms with Gasteiger partial charge in [0.25, 0.3) is 5.91 Å². The second-order valence-electron chi connectivity index (χ2n) is 6.01. The Labute approximate surface area is 158 Å². The first-order valence-corrected chi connectivity index (χ1v) is 8.64. The summed E-state index contributed by atoms with van der Waals surface area (Å²) in [6.07, 6.45) is 0. The molecule has 0 aromatic heterocycles. The average molecular weight is 376 g/mol. The van der Waals surface area contributed by atoms with Crippen molar-refractivity contribution in [3.05, 3.63) is 64.2 Å². The number of ether oxygens (including phenoxy) is 2. The van der Waals surface area contributed by atoms with Gasteiger partial charge in [-0.1, -0.05) is 41.9 Å². The smallest absolute Gasteiger partial charge is 0.344 e. The molecule has 0 saturated heterocycles. The molecule has 2 aromatic rings. The Morgan fingerprint density at radius 2 is 1.81 bits per heavy atom. The summed E-state index contributed by atoms with van der Waals surface area (Å²) in [6.45, 7) is 5.26. The Bertz CT molecular complexity index is 791. The van der Waals surface area contributed by atoms with Crippen molar-refractivity contribution in [2.24, 2.45) is 0 Å². The lowest BCUT2D eigenvalue weighted by atomic mass is 10.0. The number of para-hydroxylation sites is 1. The largest absolute Gasteiger partial charge is 0.480 e. The van der Waals surface area contributed by atoms with E-state index in [9.17, 15) is 9.59 Å². The minimum Gasteiger partial charge on any atom is -0.480 e. The molecule has 1 N–H and O–H groups in total. The Kier molecular flexibility index (Phi) is 7.04. The number of nitrogens with one attached hydrogen (secondary N) is 1. The second kappa shape index (κ2) is 9.25. The van der Waals surface area contributed by atoms with Crippen LogP contribution in [0.5, 0.6) is 5.75 Å². The van der Waals surface area contributed by atoms with E-state index in [4.69, 9.17) is 21.1 Å². The molecule has 0 fully saturated rings. The third-order valence-corrected chi connectivity index (χ3v) is 4.27. The summed E-state index contributed by atoms with van der Waals surface area (Å²) in [5, 5.41) is 3.21. The summed E-state index contributed by atoms with van der Waals surface area (Å²) < 4.78 is 10.2. The highest BCUT2D eigenvalue weighted by atomic mass is 35.5. The Balaban J connectivity index is 1.76. The van der Waals surface area contributed by atoms with Crippen LogP contribution in [-0.2, 0) is 14.3 Å². The summed E-state index contributed by atoms with van der Waals surface area (Å²) >= 11 is 5.93. The molecule has 1 atom stereocenters. The van der Waals surface area contributed by atoms with Gasteiger partial charge in [-0.15, -0.1) is 0 Å². The first-order chi connectivity index (χ1) is 12.4. The molecule has 0 heterocycles. The topological polar surface area (TPSA) is 64.6 Å². The number of benzene rings is 2. The van der Waals surface area contributed by atoms with Crippen LogP contribution in [0.1, 0.15) is 29.7 Å². The zero-order valence-corrected chi connectivity index (χ0v) is 15.8. The highest BCUT2D eigenvalue weighted by Gasteiger charge is 2.13. The van der Waals surface area contributed by atoms with E-state index in [-0.39, 0.29) is 25.2 Å². The molecule has 0 spiro atoms. The molecule has 1 amide bonds. The van der Waals surface area contributed by atoms with Gasteiger partial charge in [-0.3, -0.25) is 4.79 Å². The van der Waals surface area contributed by atoms with E-state index in [0.717, 1.165) is 11.1 Å². The van der Waals surface area contributed by atoms with Crippen LogP contribution in [-0.4, -0.2) is 25.1 Å². The lowest BCUT2D eigenvalue weighted by Crippen LogP contribution is -2.32. The van der Waals surface area contributed by atoms with Crippen molar-refractivity contribution >= 4 is 23.5 Å². The van der Waals surface area contributed by atoms with Gasteiger partial charge in [0.2, 0.25) is 0 Å². The molecule has 0 aliphatic carbocycles. The highest BCUT2D eigenvalue weighted by Crippen LogP contribution is 2.22. The fourth-order valence-electron chi connectivity index (χ4n) is 2.29. The number of aryl methyl sites for hydroxylation is 2. The molecule has 138 valence electrons. The summed E-state index contributed by atoms with van der Waals surface area (Å²) in [5.41, 5.74) is 3.35. The third-order valence-electron chi connectivity index (χ3n) is 3.95. The minimum atomic E-state index is -0.640. The van der Waals surface area contributed by atoms with Gasteiger partial charge in [0.1, 0.15) is 5.75 Å². The lowest BCUT2D eigenvalue weighted by molar-refractivity contribution is -0.150. The van der Waals surface area contributed by atoms with E-state index in [0.29, 0.717) is 10.8 Å². The summed E-state index contributed by atoms with van der Waals surface area (Å²) in [4.78, 5) is 23.7. The van der Waals surface area contributed by atoms with E-state index in [1.54, 1.807) is 24.3 Å². The number of hydrogen-bond donors (Lipinski definition) is 1. The molecule has 0 aliphatic heterocycles. The van der Waals surface area contributed by atoms with Crippen LogP contribution in [0.4, 0.5) is 0 Å². The molecule has 2 rings (SSSR count). The van der Waals surface area contributed by atoms with E-state index in [2.05, 4.69) is 5.32 Å². The number of esters is 1. The number of carbonyl (C=O) groups excluding carboxylic acids is 2. The van der Waals surface area contributed by atoms with E-state index >= 15 is 0 Å². The van der Waals surface area contributed by atoms with E-state index in [1.165, 1.54) is 5.56 Å². The molecule has 0 bridgehead atoms. The molecule has 2 aromatic carbocycles. The molecule has 5 nitrogen and oxygen atoms in total. The Morgan fingerprint density at radius 3 is 2.50 bits per heavy atom. The Morgan fingerprint density at radius 1 is 1.08 bits per heavy atom. The SMILES string of the molecule is Cc1ccc([C@H](C)NC(=O)COC(=O)COc2ccccc2Cl)cc1C. The summed E-state index contributed by atoms with van der Waals surface area (Å²) in [5.74, 6) is -0.625. The van der Waals surface area contributed by atoms with Crippen molar-refractivity contribution in [2.45, 2.75) is 26.8 Å². The van der Waals surface area contributed by atoms with Crippen molar-refractivity contribution in [3.63, 3.8) is 0 Å². The average Bonchev–Trinajstić information content (AvgIpc) is 2.61. The molecule has 26 heavy (non-hydrogen) atoms. The predicted molar refractivity (Wildman–Crippen MR) is 100 cm³/mol. The van der Waals surface area contributed by atoms with Gasteiger partial charge in [0, 0.05) is 0 Å². The number of rotatable bonds is 7. The van der Waals surface area contributed by atoms with Crippen LogP contribution in [0.2, 0.25) is 5.02 Å². The van der Waals surface area contributed by atoms with Gasteiger partial charge < -0.3 is 14.8 Å². The molecular formula is C20H22ClNO4. The van der Waals surface area contributed by atoms with Gasteiger partial charge in [-0.2, -0.15) is 0 Å². The first kappa shape index (κ1) is 19.8. The van der Waals surface area contributed by atoms with Crippen LogP contribution in [0.3, 0.4) is 0 Å². The summed E-state index contributed by atoms with van der Waals surface area (Å²) in [6, 6.07) is 12.6. The van der Waals surface area contributed by atoms with Gasteiger partial charge in [0.15, 0.2) is 13.2 Å². The number of halogens is 1. The summed E-state index contributed by atoms with van der Waals surface area (Å²) in [7, 11) is 0. The Hall–Kier alpha value is -2.53. The van der Waals surface area contributed by atoms with Crippen LogP contribution < -0.4 is 10.1 Å². The normalized spacial score (nSPS) is 11.5. The number of carbonyl (C=O) groups is 2. The van der Waals surface area contributed by atoms with Crippen molar-refractivity contribution in [2.75, 3.05) is 13.2 Å². The minimum absolute atomic E-state index is 0.181. The van der Waals surface area contributed by atoms with Gasteiger partial charge in [-0.25, -0.2) is 4.79 Å². The molecule has 0 aliphatic rings. The van der Waals surface area contributed by atoms with Crippen LogP contribution in [0.15, 0.2) is 42.5 Å². The van der Waals surface area contributed by atoms with Crippen molar-refractivity contribution in [3.8, 4) is 5.75 Å². The maximum atomic E-state index is 12.0. The highest BCUT2D eigenvalue weighted by molar-refractivity contribution is 6.32. The molecule has 6 heteroatoms. The third kappa shape index (κ3) is 5.77. The zero-order chi connectivity index (χ0) is 19.1. The number of hydrogen-bond acceptors (Lipinski definition) is 4. The predicted octanol–water partition coefficient (Wildman–Crippen LogP) is 3.76. The maximum Gasteiger partial charge on any atom is 0.344 e. The van der Waals surface area contributed by atoms with Gasteiger partial charge in [-0.05, 0) is 49.6 Å². The van der Waals surface area contributed by atoms with Crippen LogP contribution in [0.25, 0.3) is 0 Å². The van der Waals surface area contributed by atoms with Crippen LogP contribution in [0, 0.1) is 13.8 Å². The monoisotopic (exact) mass is 375 g/mol. The second-order valence-corrected chi connectivity index (χ2v) is 6.42. The lowest BCUT2D eigenvalue weighted by Gasteiger charge is -2.16. The quantitative estimate of drug-likeness (QED) is 0.748. The van der Waals surface area contributed by atoms with E-state index in [1.807, 2.05) is 39.0 Å². The standard InChI is InChI=1S/C20H22ClNO4/c1-13-8-9-16(10-14(13)2)15(3)22-19(23)11-26-20(24)12-25-18-7-5-4-6-17(18)21/h4-10,15H,11-12H2,1-3H3,(H,22,23)/t15-/m0/s1. The van der Waals surface area contributed by atoms with Gasteiger partial charge >= 0.3 is 5.97 Å². The van der Waals surface area contributed by atoms with Crippen molar-refractivity contribution in [1.29, 1.82) is 0 Å². The molecule has 0 saturated carbocycles. The fourth-order valence-corrected chi connectivity index (χ4v) is 2.48. The van der Waals surface area contributed by atoms with Crippen molar-refractivity contribution in [1.82, 2.24) is 5.32 Å². The van der Waals surface area contributed by atoms with E-state index < -0.39 is 5.97 Å². The van der Waals surface area contributed by atoms with Gasteiger partial charge in [0.05, 0.1) is 11.1 Å². The van der Waals surface area contributed by atoms with Crippen LogP contribution >= 0.6 is 11.6 Å². The molecular weight excluding hydrogens is 354 g/mol. The maximum absolute atomic E-state index is 12.0. The molecule has 0 radical (unpaired) electrons. The fraction of sp³-hybridized carbons (Fsp3) is 0.300. The first-order valence-electron chi connectivity index (χ1n) is 8.26. The number of amides is 1. The molecule has 0 unspecified atom stereocenters.